The molecule has 0 bridgehead atoms. The van der Waals surface area contributed by atoms with Crippen LogP contribution in [0.4, 0.5) is 0 Å². The van der Waals surface area contributed by atoms with Crippen molar-refractivity contribution in [1.82, 2.24) is 14.8 Å². The first-order valence-electron chi connectivity index (χ1n) is 8.05. The lowest BCUT2D eigenvalue weighted by Crippen LogP contribution is -2.38. The predicted octanol–water partition coefficient (Wildman–Crippen LogP) is 2.98. The molecule has 0 aliphatic rings. The number of likely N-dealkylation sites (N-methyl/N-ethyl adjacent to an activating group) is 2. The first-order valence-corrected chi connectivity index (χ1v) is 8.87. The third-order valence-corrected chi connectivity index (χ3v) is 5.35. The van der Waals surface area contributed by atoms with Gasteiger partial charge in [0.1, 0.15) is 5.00 Å². The Kier molecular flexibility index (Phi) is 5.49. The van der Waals surface area contributed by atoms with Crippen LogP contribution in [0.25, 0.3) is 5.00 Å². The molecular formula is C18H25N3O2S. The van der Waals surface area contributed by atoms with Crippen LogP contribution in [0.3, 0.4) is 0 Å². The maximum absolute atomic E-state index is 13.0. The minimum absolute atomic E-state index is 0.0596. The number of nitrogens with zero attached hydrogens (tertiary/aromatic N) is 2. The molecule has 0 aliphatic heterocycles. The van der Waals surface area contributed by atoms with Gasteiger partial charge in [0.2, 0.25) is 5.91 Å². The Labute approximate surface area is 147 Å². The van der Waals surface area contributed by atoms with Crippen LogP contribution >= 0.6 is 11.3 Å². The monoisotopic (exact) mass is 347 g/mol. The normalized spacial score (nSPS) is 10.8. The molecule has 0 saturated carbocycles. The molecule has 24 heavy (non-hydrogen) atoms. The van der Waals surface area contributed by atoms with Crippen molar-refractivity contribution >= 4 is 23.2 Å². The van der Waals surface area contributed by atoms with E-state index in [1.807, 2.05) is 46.8 Å². The van der Waals surface area contributed by atoms with E-state index in [0.29, 0.717) is 12.1 Å². The van der Waals surface area contributed by atoms with E-state index in [9.17, 15) is 9.59 Å². The number of hydrogen-bond donors (Lipinski definition) is 1. The van der Waals surface area contributed by atoms with Crippen LogP contribution in [0.1, 0.15) is 39.1 Å². The molecule has 0 spiro atoms. The minimum atomic E-state index is -0.146. The number of hydrogen-bond acceptors (Lipinski definition) is 3. The Hall–Kier alpha value is -2.08. The molecule has 0 radical (unpaired) electrons. The summed E-state index contributed by atoms with van der Waals surface area (Å²) in [6.07, 6.45) is 0. The van der Waals surface area contributed by atoms with Gasteiger partial charge >= 0.3 is 0 Å². The van der Waals surface area contributed by atoms with E-state index in [-0.39, 0.29) is 18.4 Å². The van der Waals surface area contributed by atoms with Crippen LogP contribution in [0.2, 0.25) is 0 Å². The molecule has 2 aromatic rings. The van der Waals surface area contributed by atoms with Gasteiger partial charge in [-0.15, -0.1) is 11.3 Å². The number of amides is 2. The second-order valence-corrected chi connectivity index (χ2v) is 7.23. The van der Waals surface area contributed by atoms with Crippen molar-refractivity contribution in [3.05, 3.63) is 39.5 Å². The number of aryl methyl sites for hydroxylation is 3. The SMILES string of the molecule is CCNC(=O)CN(C)C(=O)c1c(-n2c(C)ccc2C)sc(C)c1C. The van der Waals surface area contributed by atoms with Crippen molar-refractivity contribution < 1.29 is 9.59 Å². The molecule has 5 nitrogen and oxygen atoms in total. The zero-order valence-electron chi connectivity index (χ0n) is 15.2. The average molecular weight is 347 g/mol. The lowest BCUT2D eigenvalue weighted by molar-refractivity contribution is -0.121. The molecule has 0 aromatic carbocycles. The number of thiophene rings is 1. The average Bonchev–Trinajstić information content (AvgIpc) is 2.98. The maximum Gasteiger partial charge on any atom is 0.257 e. The van der Waals surface area contributed by atoms with Crippen LogP contribution < -0.4 is 5.32 Å². The molecule has 2 amide bonds. The van der Waals surface area contributed by atoms with Crippen LogP contribution in [0, 0.1) is 27.7 Å². The molecular weight excluding hydrogens is 322 g/mol. The van der Waals surface area contributed by atoms with Gasteiger partial charge in [-0.2, -0.15) is 0 Å². The zero-order chi connectivity index (χ0) is 18.0. The van der Waals surface area contributed by atoms with E-state index >= 15 is 0 Å². The second-order valence-electron chi connectivity index (χ2n) is 6.03. The summed E-state index contributed by atoms with van der Waals surface area (Å²) in [5, 5.41) is 3.66. The fourth-order valence-corrected chi connectivity index (χ4v) is 4.01. The standard InChI is InChI=1S/C18H25N3O2S/c1-7-19-15(22)10-20(6)17(23)16-13(4)14(5)24-18(16)21-11(2)8-9-12(21)3/h8-9H,7,10H2,1-6H3,(H,19,22). The van der Waals surface area contributed by atoms with Gasteiger partial charge in [0.25, 0.3) is 5.91 Å². The van der Waals surface area contributed by atoms with Gasteiger partial charge in [-0.1, -0.05) is 0 Å². The summed E-state index contributed by atoms with van der Waals surface area (Å²) in [6, 6.07) is 4.10. The van der Waals surface area contributed by atoms with E-state index in [4.69, 9.17) is 0 Å². The maximum atomic E-state index is 13.0. The molecule has 130 valence electrons. The number of rotatable bonds is 5. The summed E-state index contributed by atoms with van der Waals surface area (Å²) in [5.41, 5.74) is 3.85. The van der Waals surface area contributed by atoms with Crippen molar-refractivity contribution in [2.24, 2.45) is 0 Å². The summed E-state index contributed by atoms with van der Waals surface area (Å²) >= 11 is 1.62. The lowest BCUT2D eigenvalue weighted by atomic mass is 10.1. The van der Waals surface area contributed by atoms with Gasteiger partial charge in [-0.05, 0) is 52.3 Å². The van der Waals surface area contributed by atoms with E-state index < -0.39 is 0 Å². The smallest absolute Gasteiger partial charge is 0.257 e. The minimum Gasteiger partial charge on any atom is -0.355 e. The number of carbonyl (C=O) groups excluding carboxylic acids is 2. The van der Waals surface area contributed by atoms with Crippen molar-refractivity contribution in [2.75, 3.05) is 20.1 Å². The fourth-order valence-electron chi connectivity index (χ4n) is 2.74. The second kappa shape index (κ2) is 7.21. The van der Waals surface area contributed by atoms with E-state index in [1.165, 1.54) is 4.90 Å². The Morgan fingerprint density at radius 3 is 2.29 bits per heavy atom. The fraction of sp³-hybridized carbons (Fsp3) is 0.444. The number of carbonyl (C=O) groups is 2. The van der Waals surface area contributed by atoms with Gasteiger partial charge in [0, 0.05) is 29.9 Å². The molecule has 2 aromatic heterocycles. The molecule has 0 atom stereocenters. The molecule has 0 aliphatic carbocycles. The van der Waals surface area contributed by atoms with Crippen molar-refractivity contribution in [3.8, 4) is 5.00 Å². The highest BCUT2D eigenvalue weighted by Crippen LogP contribution is 2.33. The molecule has 0 saturated heterocycles. The highest BCUT2D eigenvalue weighted by atomic mass is 32.1. The van der Waals surface area contributed by atoms with Gasteiger partial charge < -0.3 is 14.8 Å². The molecule has 2 rings (SSSR count). The number of aromatic nitrogens is 1. The first-order chi connectivity index (χ1) is 11.3. The summed E-state index contributed by atoms with van der Waals surface area (Å²) in [7, 11) is 1.67. The molecule has 2 heterocycles. The molecule has 0 unspecified atom stereocenters. The van der Waals surface area contributed by atoms with Crippen LogP contribution in [0.5, 0.6) is 0 Å². The quantitative estimate of drug-likeness (QED) is 0.904. The highest BCUT2D eigenvalue weighted by Gasteiger charge is 2.25. The number of nitrogens with one attached hydrogen (secondary N) is 1. The molecule has 0 fully saturated rings. The molecule has 1 N–H and O–H groups in total. The lowest BCUT2D eigenvalue weighted by Gasteiger charge is -2.18. The van der Waals surface area contributed by atoms with Gasteiger partial charge in [0.05, 0.1) is 12.1 Å². The third-order valence-electron chi connectivity index (χ3n) is 4.16. The zero-order valence-corrected chi connectivity index (χ0v) is 16.0. The van der Waals surface area contributed by atoms with Crippen LogP contribution in [-0.2, 0) is 4.79 Å². The van der Waals surface area contributed by atoms with Gasteiger partial charge in [-0.25, -0.2) is 0 Å². The summed E-state index contributed by atoms with van der Waals surface area (Å²) < 4.78 is 2.11. The summed E-state index contributed by atoms with van der Waals surface area (Å²) in [5.74, 6) is -0.265. The van der Waals surface area contributed by atoms with Crippen molar-refractivity contribution in [1.29, 1.82) is 0 Å². The van der Waals surface area contributed by atoms with Gasteiger partial charge in [0.15, 0.2) is 0 Å². The Morgan fingerprint density at radius 1 is 1.17 bits per heavy atom. The highest BCUT2D eigenvalue weighted by molar-refractivity contribution is 7.15. The van der Waals surface area contributed by atoms with E-state index in [2.05, 4.69) is 9.88 Å². The Bertz CT molecular complexity index is 754. The largest absolute Gasteiger partial charge is 0.355 e. The first kappa shape index (κ1) is 18.3. The van der Waals surface area contributed by atoms with Crippen molar-refractivity contribution in [2.45, 2.75) is 34.6 Å². The van der Waals surface area contributed by atoms with E-state index in [0.717, 1.165) is 26.8 Å². The predicted molar refractivity (Wildman–Crippen MR) is 98.2 cm³/mol. The Balaban J connectivity index is 2.43. The van der Waals surface area contributed by atoms with Gasteiger partial charge in [-0.3, -0.25) is 9.59 Å². The summed E-state index contributed by atoms with van der Waals surface area (Å²) in [4.78, 5) is 27.4. The summed E-state index contributed by atoms with van der Waals surface area (Å²) in [6.45, 7) is 10.5. The van der Waals surface area contributed by atoms with Crippen molar-refractivity contribution in [3.63, 3.8) is 0 Å². The Morgan fingerprint density at radius 2 is 1.75 bits per heavy atom. The van der Waals surface area contributed by atoms with Crippen LogP contribution in [-0.4, -0.2) is 41.4 Å². The third kappa shape index (κ3) is 3.38. The van der Waals surface area contributed by atoms with Crippen LogP contribution in [0.15, 0.2) is 12.1 Å². The van der Waals surface area contributed by atoms with E-state index in [1.54, 1.807) is 18.4 Å². The molecule has 6 heteroatoms. The topological polar surface area (TPSA) is 54.3 Å².